The first-order valence-corrected chi connectivity index (χ1v) is 11.8. The van der Waals surface area contributed by atoms with Crippen LogP contribution in [0.3, 0.4) is 0 Å². The summed E-state index contributed by atoms with van der Waals surface area (Å²) in [5.41, 5.74) is 1.71. The predicted octanol–water partition coefficient (Wildman–Crippen LogP) is 4.69. The van der Waals surface area contributed by atoms with E-state index in [9.17, 15) is 5.11 Å². The van der Waals surface area contributed by atoms with Crippen LogP contribution in [0.25, 0.3) is 33.1 Å². The molecule has 1 aliphatic rings. The Hall–Kier alpha value is -3.14. The molecule has 2 aromatic carbocycles. The van der Waals surface area contributed by atoms with Gasteiger partial charge >= 0.3 is 0 Å². The standard InChI is InChI=1S/C25H26ClFN4O4/c1-14-21(27)20-19(24(33-2)23(14)35-9-3-6-31-7-10-34-11-8-31)16-13-28-30-25(16)29-22(20)15-4-5-18(32)17(26)12-15/h4-5,12-13,32H,3,6-11H2,1-2H3,(H,28,29,30). The minimum atomic E-state index is -0.459. The highest BCUT2D eigenvalue weighted by molar-refractivity contribution is 6.32. The van der Waals surface area contributed by atoms with Gasteiger partial charge in [0.2, 0.25) is 0 Å². The number of hydrogen-bond donors (Lipinski definition) is 2. The number of H-pyrrole nitrogens is 1. The molecule has 0 unspecified atom stereocenters. The Labute approximate surface area is 206 Å². The van der Waals surface area contributed by atoms with Gasteiger partial charge in [-0.3, -0.25) is 10.00 Å². The highest BCUT2D eigenvalue weighted by Gasteiger charge is 2.26. The zero-order valence-electron chi connectivity index (χ0n) is 19.5. The lowest BCUT2D eigenvalue weighted by atomic mass is 9.97. The molecule has 1 aliphatic heterocycles. The van der Waals surface area contributed by atoms with E-state index in [0.29, 0.717) is 51.3 Å². The number of phenolic OH excluding ortho intramolecular Hbond substituents is 1. The fraction of sp³-hybridized carbons (Fsp3) is 0.360. The van der Waals surface area contributed by atoms with Crippen molar-refractivity contribution in [1.82, 2.24) is 20.1 Å². The van der Waals surface area contributed by atoms with Crippen LogP contribution in [-0.4, -0.2) is 71.8 Å². The van der Waals surface area contributed by atoms with Gasteiger partial charge in [0.15, 0.2) is 17.1 Å². The Balaban J connectivity index is 1.60. The van der Waals surface area contributed by atoms with E-state index in [-0.39, 0.29) is 16.2 Å². The molecule has 0 bridgehead atoms. The van der Waals surface area contributed by atoms with Crippen LogP contribution in [0.5, 0.6) is 17.2 Å². The second-order valence-electron chi connectivity index (χ2n) is 8.47. The molecule has 1 saturated heterocycles. The van der Waals surface area contributed by atoms with Crippen molar-refractivity contribution < 1.29 is 23.7 Å². The highest BCUT2D eigenvalue weighted by Crippen LogP contribution is 2.46. The normalized spacial score (nSPS) is 14.6. The largest absolute Gasteiger partial charge is 0.506 e. The second-order valence-corrected chi connectivity index (χ2v) is 8.87. The van der Waals surface area contributed by atoms with Crippen LogP contribution in [-0.2, 0) is 4.74 Å². The topological polar surface area (TPSA) is 92.7 Å². The third-order valence-corrected chi connectivity index (χ3v) is 6.62. The molecule has 0 aliphatic carbocycles. The van der Waals surface area contributed by atoms with E-state index < -0.39 is 5.82 Å². The van der Waals surface area contributed by atoms with Gasteiger partial charge in [-0.25, -0.2) is 9.37 Å². The van der Waals surface area contributed by atoms with Gasteiger partial charge in [-0.15, -0.1) is 0 Å². The smallest absolute Gasteiger partial charge is 0.169 e. The number of fused-ring (bicyclic) bond motifs is 3. The Bertz CT molecular complexity index is 1390. The molecule has 2 aromatic heterocycles. The van der Waals surface area contributed by atoms with Gasteiger partial charge in [-0.1, -0.05) is 11.6 Å². The van der Waals surface area contributed by atoms with Crippen molar-refractivity contribution in [2.75, 3.05) is 46.6 Å². The molecule has 0 spiro atoms. The quantitative estimate of drug-likeness (QED) is 0.355. The summed E-state index contributed by atoms with van der Waals surface area (Å²) < 4.78 is 33.3. The fourth-order valence-electron chi connectivity index (χ4n) is 4.51. The van der Waals surface area contributed by atoms with Crippen LogP contribution in [0.15, 0.2) is 24.4 Å². The summed E-state index contributed by atoms with van der Waals surface area (Å²) in [6.07, 6.45) is 2.38. The third kappa shape index (κ3) is 4.35. The average Bonchev–Trinajstić information content (AvgIpc) is 3.35. The number of pyridine rings is 1. The van der Waals surface area contributed by atoms with E-state index in [1.165, 1.54) is 13.2 Å². The lowest BCUT2D eigenvalue weighted by Gasteiger charge is -2.26. The van der Waals surface area contributed by atoms with Gasteiger partial charge in [0.25, 0.3) is 0 Å². The summed E-state index contributed by atoms with van der Waals surface area (Å²) in [5.74, 6) is 0.260. The number of benzene rings is 2. The number of methoxy groups -OCH3 is 1. The molecule has 4 aromatic rings. The van der Waals surface area contributed by atoms with Crippen LogP contribution in [0.4, 0.5) is 4.39 Å². The first-order valence-electron chi connectivity index (χ1n) is 11.4. The van der Waals surface area contributed by atoms with Gasteiger partial charge in [-0.2, -0.15) is 5.10 Å². The number of aromatic amines is 1. The van der Waals surface area contributed by atoms with Crippen molar-refractivity contribution in [2.45, 2.75) is 13.3 Å². The molecule has 10 heteroatoms. The molecule has 0 saturated carbocycles. The predicted molar refractivity (Wildman–Crippen MR) is 132 cm³/mol. The number of rotatable bonds is 7. The number of hydrogen-bond acceptors (Lipinski definition) is 7. The molecule has 3 heterocycles. The number of nitrogens with zero attached hydrogens (tertiary/aromatic N) is 3. The summed E-state index contributed by atoms with van der Waals surface area (Å²) in [5, 5.41) is 18.4. The molecule has 0 radical (unpaired) electrons. The third-order valence-electron chi connectivity index (χ3n) is 6.32. The number of nitrogens with one attached hydrogen (secondary N) is 1. The summed E-state index contributed by atoms with van der Waals surface area (Å²) in [4.78, 5) is 6.96. The Morgan fingerprint density at radius 3 is 2.77 bits per heavy atom. The zero-order chi connectivity index (χ0) is 24.5. The number of phenols is 1. The monoisotopic (exact) mass is 500 g/mol. The molecule has 35 heavy (non-hydrogen) atoms. The molecule has 0 atom stereocenters. The maximum atomic E-state index is 16.0. The highest BCUT2D eigenvalue weighted by atomic mass is 35.5. The minimum absolute atomic E-state index is 0.0654. The maximum Gasteiger partial charge on any atom is 0.169 e. The van der Waals surface area contributed by atoms with Crippen LogP contribution < -0.4 is 9.47 Å². The van der Waals surface area contributed by atoms with Crippen molar-refractivity contribution in [3.63, 3.8) is 0 Å². The molecule has 8 nitrogen and oxygen atoms in total. The van der Waals surface area contributed by atoms with Gasteiger partial charge in [0.05, 0.1) is 49.2 Å². The van der Waals surface area contributed by atoms with Crippen LogP contribution in [0, 0.1) is 12.7 Å². The SMILES string of the molecule is COc1c(OCCCN2CCOCC2)c(C)c(F)c2c(-c3ccc(O)c(Cl)c3)nc3[nH]ncc3c12. The molecule has 0 amide bonds. The Morgan fingerprint density at radius 2 is 2.03 bits per heavy atom. The molecular formula is C25H26ClFN4O4. The number of aromatic nitrogens is 3. The number of halogens is 2. The molecule has 2 N–H and O–H groups in total. The Morgan fingerprint density at radius 1 is 1.23 bits per heavy atom. The molecule has 1 fully saturated rings. The van der Waals surface area contributed by atoms with Gasteiger partial charge in [0.1, 0.15) is 11.6 Å². The lowest BCUT2D eigenvalue weighted by Crippen LogP contribution is -2.37. The first kappa shape index (κ1) is 23.6. The van der Waals surface area contributed by atoms with Gasteiger partial charge in [-0.05, 0) is 31.5 Å². The minimum Gasteiger partial charge on any atom is -0.506 e. The molecular weight excluding hydrogens is 475 g/mol. The van der Waals surface area contributed by atoms with Crippen LogP contribution in [0.2, 0.25) is 5.02 Å². The summed E-state index contributed by atoms with van der Waals surface area (Å²) in [6, 6.07) is 4.65. The zero-order valence-corrected chi connectivity index (χ0v) is 20.3. The van der Waals surface area contributed by atoms with E-state index in [1.807, 2.05) is 0 Å². The average molecular weight is 501 g/mol. The van der Waals surface area contributed by atoms with Crippen molar-refractivity contribution in [1.29, 1.82) is 0 Å². The van der Waals surface area contributed by atoms with Gasteiger partial charge in [0, 0.05) is 41.5 Å². The van der Waals surface area contributed by atoms with E-state index in [4.69, 9.17) is 25.8 Å². The maximum absolute atomic E-state index is 16.0. The molecule has 184 valence electrons. The molecule has 5 rings (SSSR count). The van der Waals surface area contributed by atoms with Crippen LogP contribution in [0.1, 0.15) is 12.0 Å². The number of morpholine rings is 1. The number of ether oxygens (including phenoxy) is 3. The van der Waals surface area contributed by atoms with Crippen molar-refractivity contribution in [2.24, 2.45) is 0 Å². The van der Waals surface area contributed by atoms with E-state index in [0.717, 1.165) is 39.3 Å². The van der Waals surface area contributed by atoms with E-state index in [1.54, 1.807) is 25.3 Å². The van der Waals surface area contributed by atoms with Gasteiger partial charge < -0.3 is 19.3 Å². The van der Waals surface area contributed by atoms with Crippen molar-refractivity contribution in [3.8, 4) is 28.5 Å². The summed E-state index contributed by atoms with van der Waals surface area (Å²) >= 11 is 6.15. The van der Waals surface area contributed by atoms with Crippen molar-refractivity contribution >= 4 is 33.4 Å². The van der Waals surface area contributed by atoms with Crippen LogP contribution >= 0.6 is 11.6 Å². The Kier molecular flexibility index (Phi) is 6.64. The first-order chi connectivity index (χ1) is 17.0. The number of aromatic hydroxyl groups is 1. The van der Waals surface area contributed by atoms with E-state index in [2.05, 4.69) is 20.1 Å². The lowest BCUT2D eigenvalue weighted by molar-refractivity contribution is 0.0357. The fourth-order valence-corrected chi connectivity index (χ4v) is 4.69. The van der Waals surface area contributed by atoms with Crippen molar-refractivity contribution in [3.05, 3.63) is 40.8 Å². The summed E-state index contributed by atoms with van der Waals surface area (Å²) in [7, 11) is 1.54. The second kappa shape index (κ2) is 9.85. The van der Waals surface area contributed by atoms with E-state index >= 15 is 4.39 Å². The summed E-state index contributed by atoms with van der Waals surface area (Å²) in [6.45, 7) is 6.26.